The molecule has 18 heavy (non-hydrogen) atoms. The van der Waals surface area contributed by atoms with Crippen LogP contribution in [0.2, 0.25) is 0 Å². The number of β-amino-alcohol motifs (C(OH)–C–C–N with tert-alkyl or cyclic N) is 1. The van der Waals surface area contributed by atoms with Crippen LogP contribution in [0, 0.1) is 0 Å². The van der Waals surface area contributed by atoms with E-state index in [2.05, 4.69) is 22.9 Å². The largest absolute Gasteiger partial charge is 0.392 e. The van der Waals surface area contributed by atoms with E-state index in [1.165, 1.54) is 12.8 Å². The van der Waals surface area contributed by atoms with Crippen molar-refractivity contribution in [3.8, 4) is 0 Å². The number of aliphatic hydroxyl groups excluding tert-OH is 1. The molecule has 98 valence electrons. The van der Waals surface area contributed by atoms with Crippen molar-refractivity contribution in [1.82, 2.24) is 14.9 Å². The van der Waals surface area contributed by atoms with Crippen molar-refractivity contribution in [2.24, 2.45) is 0 Å². The molecule has 0 spiro atoms. The molecule has 4 nitrogen and oxygen atoms in total. The van der Waals surface area contributed by atoms with Crippen LogP contribution in [-0.4, -0.2) is 39.2 Å². The van der Waals surface area contributed by atoms with Crippen LogP contribution in [-0.2, 0) is 13.0 Å². The molecule has 2 fully saturated rings. The molecule has 1 unspecified atom stereocenters. The Kier molecular flexibility index (Phi) is 3.31. The van der Waals surface area contributed by atoms with Gasteiger partial charge in [-0.15, -0.1) is 0 Å². The highest BCUT2D eigenvalue weighted by Crippen LogP contribution is 2.38. The molecule has 0 bridgehead atoms. The van der Waals surface area contributed by atoms with Gasteiger partial charge in [0, 0.05) is 31.2 Å². The Morgan fingerprint density at radius 1 is 1.28 bits per heavy atom. The Hall–Kier alpha value is -1.00. The van der Waals surface area contributed by atoms with Crippen LogP contribution < -0.4 is 0 Å². The molecule has 1 aromatic rings. The number of hydrogen-bond acceptors (Lipinski definition) is 4. The average molecular weight is 247 g/mol. The Morgan fingerprint density at radius 2 is 2.06 bits per heavy atom. The predicted octanol–water partition coefficient (Wildman–Crippen LogP) is 1.48. The van der Waals surface area contributed by atoms with Gasteiger partial charge in [-0.05, 0) is 31.7 Å². The lowest BCUT2D eigenvalue weighted by Gasteiger charge is -2.15. The first-order valence-electron chi connectivity index (χ1n) is 7.01. The zero-order valence-corrected chi connectivity index (χ0v) is 11.0. The van der Waals surface area contributed by atoms with Crippen LogP contribution in [0.5, 0.6) is 0 Å². The fraction of sp³-hybridized carbons (Fsp3) is 0.714. The summed E-state index contributed by atoms with van der Waals surface area (Å²) in [5.74, 6) is 1.66. The third-order valence-corrected chi connectivity index (χ3v) is 3.79. The van der Waals surface area contributed by atoms with Gasteiger partial charge in [0.15, 0.2) is 0 Å². The maximum Gasteiger partial charge on any atom is 0.131 e. The maximum atomic E-state index is 9.56. The van der Waals surface area contributed by atoms with Crippen molar-refractivity contribution < 1.29 is 5.11 Å². The third-order valence-electron chi connectivity index (χ3n) is 3.79. The standard InChI is InChI=1S/C14H21N3O/c1-2-11-7-12(8-17-6-5-13(18)9-17)16-14(15-11)10-3-4-10/h7,10,13,18H,2-6,8-9H2,1H3. The topological polar surface area (TPSA) is 49.2 Å². The second-order valence-corrected chi connectivity index (χ2v) is 5.51. The number of nitrogens with zero attached hydrogens (tertiary/aromatic N) is 3. The quantitative estimate of drug-likeness (QED) is 0.875. The summed E-state index contributed by atoms with van der Waals surface area (Å²) in [4.78, 5) is 11.6. The number of hydrogen-bond donors (Lipinski definition) is 1. The summed E-state index contributed by atoms with van der Waals surface area (Å²) in [6.07, 6.45) is 4.20. The van der Waals surface area contributed by atoms with Crippen molar-refractivity contribution in [1.29, 1.82) is 0 Å². The molecule has 0 radical (unpaired) electrons. The van der Waals surface area contributed by atoms with Gasteiger partial charge in [-0.1, -0.05) is 6.92 Å². The number of rotatable bonds is 4. The van der Waals surface area contributed by atoms with Crippen molar-refractivity contribution in [3.05, 3.63) is 23.3 Å². The maximum absolute atomic E-state index is 9.56. The second-order valence-electron chi connectivity index (χ2n) is 5.51. The normalized spacial score (nSPS) is 24.7. The molecule has 2 heterocycles. The zero-order valence-electron chi connectivity index (χ0n) is 11.0. The minimum absolute atomic E-state index is 0.152. The van der Waals surface area contributed by atoms with Gasteiger partial charge in [0.2, 0.25) is 0 Å². The van der Waals surface area contributed by atoms with Crippen molar-refractivity contribution in [3.63, 3.8) is 0 Å². The fourth-order valence-electron chi connectivity index (χ4n) is 2.55. The average Bonchev–Trinajstić information content (AvgIpc) is 3.14. The molecule has 1 aliphatic heterocycles. The van der Waals surface area contributed by atoms with Crippen molar-refractivity contribution >= 4 is 0 Å². The monoisotopic (exact) mass is 247 g/mol. The highest BCUT2D eigenvalue weighted by atomic mass is 16.3. The summed E-state index contributed by atoms with van der Waals surface area (Å²) >= 11 is 0. The van der Waals surface area contributed by atoms with E-state index in [1.54, 1.807) is 0 Å². The van der Waals surface area contributed by atoms with Gasteiger partial charge in [-0.25, -0.2) is 9.97 Å². The molecule has 1 N–H and O–H groups in total. The zero-order chi connectivity index (χ0) is 12.5. The molecule has 0 amide bonds. The molecule has 2 aliphatic rings. The Morgan fingerprint density at radius 3 is 2.67 bits per heavy atom. The third kappa shape index (κ3) is 2.70. The van der Waals surface area contributed by atoms with Crippen LogP contribution >= 0.6 is 0 Å². The summed E-state index contributed by atoms with van der Waals surface area (Å²) in [6, 6.07) is 2.12. The van der Waals surface area contributed by atoms with Gasteiger partial charge < -0.3 is 5.11 Å². The first kappa shape index (κ1) is 12.1. The SMILES string of the molecule is CCc1cc(CN2CCC(O)C2)nc(C2CC2)n1. The lowest BCUT2D eigenvalue weighted by molar-refractivity contribution is 0.174. The second kappa shape index (κ2) is 4.94. The van der Waals surface area contributed by atoms with E-state index in [4.69, 9.17) is 4.98 Å². The molecule has 1 aliphatic carbocycles. The summed E-state index contributed by atoms with van der Waals surface area (Å²) in [5.41, 5.74) is 2.28. The van der Waals surface area contributed by atoms with Crippen molar-refractivity contribution in [2.45, 2.75) is 51.2 Å². The lowest BCUT2D eigenvalue weighted by Crippen LogP contribution is -2.22. The number of aryl methyl sites for hydroxylation is 1. The number of likely N-dealkylation sites (tertiary alicyclic amines) is 1. The van der Waals surface area contributed by atoms with Gasteiger partial charge in [0.25, 0.3) is 0 Å². The summed E-state index contributed by atoms with van der Waals surface area (Å²) in [5, 5.41) is 9.56. The van der Waals surface area contributed by atoms with Gasteiger partial charge in [0.1, 0.15) is 5.82 Å². The van der Waals surface area contributed by atoms with Gasteiger partial charge >= 0.3 is 0 Å². The molecule has 1 saturated heterocycles. The molecule has 4 heteroatoms. The summed E-state index contributed by atoms with van der Waals surface area (Å²) in [6.45, 7) is 4.75. The molecule has 3 rings (SSSR count). The van der Waals surface area contributed by atoms with E-state index < -0.39 is 0 Å². The van der Waals surface area contributed by atoms with Gasteiger partial charge in [-0.3, -0.25) is 4.90 Å². The molecular weight excluding hydrogens is 226 g/mol. The van der Waals surface area contributed by atoms with Crippen LogP contribution in [0.15, 0.2) is 6.07 Å². The molecular formula is C14H21N3O. The molecule has 1 atom stereocenters. The first-order valence-corrected chi connectivity index (χ1v) is 7.01. The molecule has 1 aromatic heterocycles. The van der Waals surface area contributed by atoms with Crippen LogP contribution in [0.25, 0.3) is 0 Å². The highest BCUT2D eigenvalue weighted by molar-refractivity contribution is 5.16. The minimum atomic E-state index is -0.152. The summed E-state index contributed by atoms with van der Waals surface area (Å²) < 4.78 is 0. The fourth-order valence-corrected chi connectivity index (χ4v) is 2.55. The van der Waals surface area contributed by atoms with E-state index in [-0.39, 0.29) is 6.10 Å². The highest BCUT2D eigenvalue weighted by Gasteiger charge is 2.27. The summed E-state index contributed by atoms with van der Waals surface area (Å²) in [7, 11) is 0. The van der Waals surface area contributed by atoms with Gasteiger partial charge in [-0.2, -0.15) is 0 Å². The van der Waals surface area contributed by atoms with E-state index in [0.717, 1.165) is 49.7 Å². The smallest absolute Gasteiger partial charge is 0.131 e. The van der Waals surface area contributed by atoms with E-state index in [0.29, 0.717) is 5.92 Å². The molecule has 1 saturated carbocycles. The van der Waals surface area contributed by atoms with Crippen molar-refractivity contribution in [2.75, 3.05) is 13.1 Å². The van der Waals surface area contributed by atoms with E-state index >= 15 is 0 Å². The Bertz CT molecular complexity index is 431. The molecule has 0 aromatic carbocycles. The van der Waals surface area contributed by atoms with E-state index in [9.17, 15) is 5.11 Å². The first-order chi connectivity index (χ1) is 8.74. The van der Waals surface area contributed by atoms with E-state index in [1.807, 2.05) is 0 Å². The number of aromatic nitrogens is 2. The van der Waals surface area contributed by atoms with Crippen LogP contribution in [0.3, 0.4) is 0 Å². The lowest BCUT2D eigenvalue weighted by atomic mass is 10.2. The van der Waals surface area contributed by atoms with Gasteiger partial charge in [0.05, 0.1) is 11.8 Å². The Labute approximate surface area is 108 Å². The van der Waals surface area contributed by atoms with Crippen LogP contribution in [0.4, 0.5) is 0 Å². The minimum Gasteiger partial charge on any atom is -0.392 e. The Balaban J connectivity index is 1.75. The predicted molar refractivity (Wildman–Crippen MR) is 69.3 cm³/mol. The van der Waals surface area contributed by atoms with Crippen LogP contribution in [0.1, 0.15) is 49.3 Å². The number of aliphatic hydroxyl groups is 1.